The van der Waals surface area contributed by atoms with Crippen LogP contribution in [-0.4, -0.2) is 23.5 Å². The molecule has 2 aromatic rings. The molecule has 12 heteroatoms. The Hall–Kier alpha value is -1.65. The fraction of sp³-hybridized carbons (Fsp3) is 0.0769. The molecule has 0 amide bonds. The predicted octanol–water partition coefficient (Wildman–Crippen LogP) is 2.90. The average molecular weight is 412 g/mol. The van der Waals surface area contributed by atoms with Crippen molar-refractivity contribution in [2.45, 2.75) is 9.79 Å². The Morgan fingerprint density at radius 2 is 1.16 bits per heavy atom. The fourth-order valence-corrected chi connectivity index (χ4v) is 6.57. The molecule has 0 heterocycles. The summed E-state index contributed by atoms with van der Waals surface area (Å²) in [7, 11) is -14.3. The first-order valence-electron chi connectivity index (χ1n) is 6.42. The minimum absolute atomic E-state index is 0.594. The molecule has 2 aromatic carbocycles. The van der Waals surface area contributed by atoms with Crippen LogP contribution in [0.15, 0.2) is 58.3 Å². The first kappa shape index (κ1) is 19.7. The van der Waals surface area contributed by atoms with Gasteiger partial charge in [-0.2, -0.15) is 24.8 Å². The maximum atomic E-state index is 13.1. The van der Waals surface area contributed by atoms with Gasteiger partial charge in [0, 0.05) is 6.66 Å². The largest absolute Gasteiger partial charge is 0.357 e. The number of rotatable bonds is 6. The van der Waals surface area contributed by atoms with Gasteiger partial charge in [-0.15, -0.1) is 0 Å². The van der Waals surface area contributed by atoms with Crippen molar-refractivity contribution in [2.24, 2.45) is 0 Å². The topological polar surface area (TPSA) is 104 Å². The van der Waals surface area contributed by atoms with Gasteiger partial charge in [-0.3, -0.25) is 4.57 Å². The van der Waals surface area contributed by atoms with Crippen LogP contribution in [-0.2, 0) is 32.7 Å². The van der Waals surface area contributed by atoms with Crippen LogP contribution in [0.5, 0.6) is 0 Å². The molecule has 136 valence electrons. The van der Waals surface area contributed by atoms with Crippen molar-refractivity contribution < 1.29 is 38.1 Å². The third-order valence-corrected chi connectivity index (χ3v) is 8.04. The number of benzene rings is 2. The van der Waals surface area contributed by atoms with Crippen LogP contribution < -0.4 is 0 Å². The van der Waals surface area contributed by atoms with Crippen LogP contribution in [0.1, 0.15) is 0 Å². The highest BCUT2D eigenvalue weighted by Gasteiger charge is 2.34. The molecule has 0 unspecified atom stereocenters. The summed E-state index contributed by atoms with van der Waals surface area (Å²) in [6.45, 7) is 0.598. The van der Waals surface area contributed by atoms with E-state index in [1.807, 2.05) is 0 Å². The van der Waals surface area contributed by atoms with Gasteiger partial charge in [0.1, 0.15) is 11.6 Å². The van der Waals surface area contributed by atoms with E-state index in [1.165, 1.54) is 0 Å². The summed E-state index contributed by atoms with van der Waals surface area (Å²) < 4.78 is 95.0. The van der Waals surface area contributed by atoms with Crippen molar-refractivity contribution in [1.82, 2.24) is 0 Å². The molecule has 0 aromatic heterocycles. The van der Waals surface area contributed by atoms with E-state index >= 15 is 0 Å². The van der Waals surface area contributed by atoms with Gasteiger partial charge in [0.05, 0.1) is 9.79 Å². The molecular weight excluding hydrogens is 401 g/mol. The maximum absolute atomic E-state index is 13.1. The van der Waals surface area contributed by atoms with Gasteiger partial charge < -0.3 is 0 Å². The Morgan fingerprint density at radius 3 is 1.48 bits per heavy atom. The normalized spacial score (nSPS) is 12.9. The molecule has 25 heavy (non-hydrogen) atoms. The molecule has 0 fully saturated rings. The number of halogens is 2. The molecular formula is C13H11F2O7PS2. The highest BCUT2D eigenvalue weighted by atomic mass is 32.2. The lowest BCUT2D eigenvalue weighted by Gasteiger charge is -2.14. The van der Waals surface area contributed by atoms with E-state index in [-0.39, 0.29) is 0 Å². The van der Waals surface area contributed by atoms with Crippen molar-refractivity contribution in [3.63, 3.8) is 0 Å². The first-order chi connectivity index (χ1) is 11.4. The summed E-state index contributed by atoms with van der Waals surface area (Å²) in [6.07, 6.45) is 0. The molecule has 0 radical (unpaired) electrons. The quantitative estimate of drug-likeness (QED) is 0.672. The predicted molar refractivity (Wildman–Crippen MR) is 82.9 cm³/mol. The lowest BCUT2D eigenvalue weighted by molar-refractivity contribution is 0.386. The number of hydrogen-bond donors (Lipinski definition) is 0. The van der Waals surface area contributed by atoms with E-state index in [1.54, 1.807) is 0 Å². The Morgan fingerprint density at radius 1 is 0.800 bits per heavy atom. The van der Waals surface area contributed by atoms with Crippen molar-refractivity contribution in [3.05, 3.63) is 60.2 Å². The highest BCUT2D eigenvalue weighted by Crippen LogP contribution is 2.49. The van der Waals surface area contributed by atoms with Crippen LogP contribution in [0, 0.1) is 11.6 Å². The molecule has 0 aliphatic rings. The lowest BCUT2D eigenvalue weighted by atomic mass is 10.4. The van der Waals surface area contributed by atoms with Gasteiger partial charge in [-0.05, 0) is 36.4 Å². The second-order valence-electron chi connectivity index (χ2n) is 4.74. The van der Waals surface area contributed by atoms with Gasteiger partial charge >= 0.3 is 27.8 Å². The molecule has 0 saturated heterocycles. The zero-order chi connectivity index (χ0) is 18.9. The van der Waals surface area contributed by atoms with Gasteiger partial charge in [0.2, 0.25) is 0 Å². The second-order valence-corrected chi connectivity index (χ2v) is 10.2. The molecule has 0 aliphatic carbocycles. The van der Waals surface area contributed by atoms with Gasteiger partial charge in [-0.25, -0.2) is 8.78 Å². The highest BCUT2D eigenvalue weighted by molar-refractivity contribution is 7.95. The van der Waals surface area contributed by atoms with Crippen LogP contribution in [0.3, 0.4) is 0 Å². The first-order valence-corrected chi connectivity index (χ1v) is 11.2. The SMILES string of the molecule is CP(=O)(OS(=O)(=O)c1cccc(F)c1)OS(=O)(=O)c1cccc(F)c1. The van der Waals surface area contributed by atoms with E-state index < -0.39 is 49.3 Å². The zero-order valence-electron chi connectivity index (χ0n) is 12.5. The number of hydrogen-bond acceptors (Lipinski definition) is 7. The Bertz CT molecular complexity index is 970. The van der Waals surface area contributed by atoms with Gasteiger partial charge in [-0.1, -0.05) is 12.1 Å². The van der Waals surface area contributed by atoms with Crippen molar-refractivity contribution in [2.75, 3.05) is 6.66 Å². The summed E-state index contributed by atoms with van der Waals surface area (Å²) in [6, 6.07) is 7.17. The van der Waals surface area contributed by atoms with Gasteiger partial charge in [0.15, 0.2) is 0 Å². The van der Waals surface area contributed by atoms with E-state index in [4.69, 9.17) is 0 Å². The smallest absolute Gasteiger partial charge is 0.258 e. The van der Waals surface area contributed by atoms with Crippen molar-refractivity contribution >= 4 is 27.8 Å². The van der Waals surface area contributed by atoms with E-state index in [0.717, 1.165) is 36.4 Å². The van der Waals surface area contributed by atoms with Gasteiger partial charge in [0.25, 0.3) is 0 Å². The van der Waals surface area contributed by atoms with E-state index in [9.17, 15) is 30.2 Å². The van der Waals surface area contributed by atoms with Crippen LogP contribution in [0.25, 0.3) is 0 Å². The fourth-order valence-electron chi connectivity index (χ4n) is 1.70. The maximum Gasteiger partial charge on any atom is 0.357 e. The van der Waals surface area contributed by atoms with Crippen molar-refractivity contribution in [3.8, 4) is 0 Å². The minimum atomic E-state index is -4.77. The van der Waals surface area contributed by atoms with Crippen molar-refractivity contribution in [1.29, 1.82) is 0 Å². The van der Waals surface area contributed by atoms with Crippen LogP contribution >= 0.6 is 7.60 Å². The second kappa shape index (κ2) is 6.93. The average Bonchev–Trinajstić information content (AvgIpc) is 2.45. The monoisotopic (exact) mass is 412 g/mol. The molecule has 0 N–H and O–H groups in total. The summed E-state index contributed by atoms with van der Waals surface area (Å²) in [5.74, 6) is -1.80. The summed E-state index contributed by atoms with van der Waals surface area (Å²) >= 11 is 0. The minimum Gasteiger partial charge on any atom is -0.258 e. The van der Waals surface area contributed by atoms with E-state index in [0.29, 0.717) is 18.8 Å². The molecule has 7 nitrogen and oxygen atoms in total. The molecule has 0 spiro atoms. The van der Waals surface area contributed by atoms with Crippen LogP contribution in [0.4, 0.5) is 8.78 Å². The summed E-state index contributed by atoms with van der Waals surface area (Å²) in [5.41, 5.74) is 0. The summed E-state index contributed by atoms with van der Waals surface area (Å²) in [5, 5.41) is 0. The standard InChI is InChI=1S/C13H11F2O7PS2/c1-23(16,21-24(17,18)12-6-2-4-10(14)8-12)22-25(19,20)13-7-3-5-11(15)9-13/h2-9H,1H3. The van der Waals surface area contributed by atoms with Crippen LogP contribution in [0.2, 0.25) is 0 Å². The molecule has 2 rings (SSSR count). The van der Waals surface area contributed by atoms with E-state index in [2.05, 4.69) is 7.94 Å². The lowest BCUT2D eigenvalue weighted by Crippen LogP contribution is -2.10. The Kier molecular flexibility index (Phi) is 5.45. The molecule has 0 aliphatic heterocycles. The third kappa shape index (κ3) is 5.16. The molecule has 0 atom stereocenters. The Labute approximate surface area is 143 Å². The summed E-state index contributed by atoms with van der Waals surface area (Å²) in [4.78, 5) is -1.36. The molecule has 0 bridgehead atoms. The third-order valence-electron chi connectivity index (χ3n) is 2.64. The molecule has 0 saturated carbocycles. The Balaban J connectivity index is 2.29. The zero-order valence-corrected chi connectivity index (χ0v) is 15.0.